The Kier molecular flexibility index (Phi) is 7.38. The van der Waals surface area contributed by atoms with Gasteiger partial charge in [0, 0.05) is 37.2 Å². The third-order valence-electron chi connectivity index (χ3n) is 7.78. The quantitative estimate of drug-likeness (QED) is 0.247. The monoisotopic (exact) mass is 601 g/mol. The van der Waals surface area contributed by atoms with E-state index < -0.39 is 9.84 Å². The molecule has 5 heterocycles. The first-order valence-corrected chi connectivity index (χ1v) is 16.1. The zero-order valence-corrected chi connectivity index (χ0v) is 25.9. The average Bonchev–Trinajstić information content (AvgIpc) is 3.48. The van der Waals surface area contributed by atoms with E-state index in [0.717, 1.165) is 42.2 Å². The Bertz CT molecular complexity index is 1940. The number of aromatic nitrogens is 7. The van der Waals surface area contributed by atoms with Crippen LogP contribution < -0.4 is 10.6 Å². The third kappa shape index (κ3) is 5.69. The van der Waals surface area contributed by atoms with Crippen LogP contribution in [0.5, 0.6) is 0 Å². The molecule has 2 N–H and O–H groups in total. The summed E-state index contributed by atoms with van der Waals surface area (Å²) in [6.45, 7) is 8.36. The Morgan fingerprint density at radius 2 is 1.74 bits per heavy atom. The molecule has 1 atom stereocenters. The summed E-state index contributed by atoms with van der Waals surface area (Å²) in [6, 6.07) is 9.01. The van der Waals surface area contributed by atoms with E-state index in [0.29, 0.717) is 52.0 Å². The number of ether oxygens (including phenoxy) is 1. The number of pyridine rings is 1. The Labute approximate surface area is 250 Å². The molecule has 0 saturated carbocycles. The molecule has 0 aliphatic carbocycles. The zero-order valence-electron chi connectivity index (χ0n) is 25.1. The maximum Gasteiger partial charge on any atom is 0.177 e. The van der Waals surface area contributed by atoms with E-state index in [2.05, 4.69) is 25.7 Å². The molecule has 224 valence electrons. The number of imidazole rings is 1. The molecule has 1 aliphatic heterocycles. The van der Waals surface area contributed by atoms with Gasteiger partial charge >= 0.3 is 0 Å². The Balaban J connectivity index is 1.48. The number of fused-ring (bicyclic) bond motifs is 1. The van der Waals surface area contributed by atoms with Crippen molar-refractivity contribution < 1.29 is 13.2 Å². The molecule has 0 bridgehead atoms. The summed E-state index contributed by atoms with van der Waals surface area (Å²) in [5.41, 5.74) is 6.27. The number of hydrogen-bond acceptors (Lipinski definition) is 10. The number of nitrogens with one attached hydrogen (secondary N) is 2. The number of benzene rings is 1. The third-order valence-corrected chi connectivity index (χ3v) is 8.91. The van der Waals surface area contributed by atoms with Crippen LogP contribution in [0.15, 0.2) is 41.4 Å². The lowest BCUT2D eigenvalue weighted by Gasteiger charge is -2.25. The number of aryl methyl sites for hydroxylation is 5. The summed E-state index contributed by atoms with van der Waals surface area (Å²) in [5.74, 6) is 1.81. The topological polar surface area (TPSA) is 142 Å². The first-order chi connectivity index (χ1) is 20.5. The first-order valence-electron chi connectivity index (χ1n) is 14.2. The van der Waals surface area contributed by atoms with Crippen LogP contribution in [0.1, 0.15) is 48.4 Å². The summed E-state index contributed by atoms with van der Waals surface area (Å²) in [6.07, 6.45) is 5.59. The highest BCUT2D eigenvalue weighted by Gasteiger charge is 2.25. The van der Waals surface area contributed by atoms with Crippen molar-refractivity contribution in [2.75, 3.05) is 23.5 Å². The highest BCUT2D eigenvalue weighted by Crippen LogP contribution is 2.36. The van der Waals surface area contributed by atoms with Gasteiger partial charge in [-0.3, -0.25) is 14.2 Å². The second-order valence-electron chi connectivity index (χ2n) is 11.0. The summed E-state index contributed by atoms with van der Waals surface area (Å²) >= 11 is 0. The van der Waals surface area contributed by atoms with Gasteiger partial charge in [0.05, 0.1) is 39.5 Å². The number of anilines is 4. The summed E-state index contributed by atoms with van der Waals surface area (Å²) < 4.78 is 36.0. The van der Waals surface area contributed by atoms with E-state index in [1.165, 1.54) is 6.26 Å². The van der Waals surface area contributed by atoms with Gasteiger partial charge in [-0.2, -0.15) is 5.10 Å². The van der Waals surface area contributed by atoms with Crippen LogP contribution in [0.4, 0.5) is 23.0 Å². The molecule has 6 rings (SSSR count). The van der Waals surface area contributed by atoms with Gasteiger partial charge in [0.25, 0.3) is 0 Å². The lowest BCUT2D eigenvalue weighted by Crippen LogP contribution is -2.19. The van der Waals surface area contributed by atoms with Gasteiger partial charge in [-0.1, -0.05) is 6.07 Å². The summed E-state index contributed by atoms with van der Waals surface area (Å²) in [5, 5.41) is 11.2. The van der Waals surface area contributed by atoms with Crippen molar-refractivity contribution in [3.05, 3.63) is 59.4 Å². The summed E-state index contributed by atoms with van der Waals surface area (Å²) in [4.78, 5) is 19.0. The smallest absolute Gasteiger partial charge is 0.177 e. The van der Waals surface area contributed by atoms with Gasteiger partial charge in [0.1, 0.15) is 29.2 Å². The van der Waals surface area contributed by atoms with E-state index in [4.69, 9.17) is 14.7 Å². The van der Waals surface area contributed by atoms with Gasteiger partial charge in [-0.05, 0) is 65.2 Å². The molecular weight excluding hydrogens is 566 g/mol. The fourth-order valence-electron chi connectivity index (χ4n) is 5.28. The van der Waals surface area contributed by atoms with Crippen LogP contribution in [0.3, 0.4) is 0 Å². The molecule has 1 fully saturated rings. The maximum atomic E-state index is 13.1. The first kappa shape index (κ1) is 28.7. The van der Waals surface area contributed by atoms with Crippen LogP contribution in [-0.2, 0) is 21.6 Å². The van der Waals surface area contributed by atoms with Crippen molar-refractivity contribution in [3.8, 4) is 11.3 Å². The van der Waals surface area contributed by atoms with E-state index in [1.807, 2.05) is 51.4 Å². The minimum Gasteiger partial charge on any atom is -0.358 e. The molecule has 0 radical (unpaired) electrons. The second-order valence-corrected chi connectivity index (χ2v) is 13.0. The average molecular weight is 602 g/mol. The fraction of sp³-hybridized carbons (Fsp3) is 0.367. The molecule has 1 unspecified atom stereocenters. The number of hydrogen-bond donors (Lipinski definition) is 2. The van der Waals surface area contributed by atoms with Crippen LogP contribution in [0, 0.1) is 27.7 Å². The van der Waals surface area contributed by atoms with Crippen molar-refractivity contribution in [2.24, 2.45) is 7.05 Å². The Morgan fingerprint density at radius 1 is 0.930 bits per heavy atom. The Hall–Kier alpha value is -4.36. The highest BCUT2D eigenvalue weighted by atomic mass is 32.2. The molecule has 0 amide bonds. The summed E-state index contributed by atoms with van der Waals surface area (Å²) in [7, 11) is -1.76. The lowest BCUT2D eigenvalue weighted by molar-refractivity contribution is -0.0308. The van der Waals surface area contributed by atoms with E-state index in [9.17, 15) is 8.42 Å². The van der Waals surface area contributed by atoms with Crippen LogP contribution in [0.2, 0.25) is 0 Å². The van der Waals surface area contributed by atoms with Gasteiger partial charge in [-0.25, -0.2) is 23.4 Å². The predicted octanol–water partition coefficient (Wildman–Crippen LogP) is 5.45. The van der Waals surface area contributed by atoms with Crippen molar-refractivity contribution in [3.63, 3.8) is 0 Å². The van der Waals surface area contributed by atoms with Gasteiger partial charge in [-0.15, -0.1) is 0 Å². The molecule has 4 aromatic heterocycles. The molecule has 5 aromatic rings. The van der Waals surface area contributed by atoms with Crippen molar-refractivity contribution in [1.82, 2.24) is 34.3 Å². The normalized spacial score (nSPS) is 15.6. The van der Waals surface area contributed by atoms with Gasteiger partial charge in [0.15, 0.2) is 15.5 Å². The number of rotatable bonds is 7. The van der Waals surface area contributed by atoms with E-state index in [-0.39, 0.29) is 11.1 Å². The van der Waals surface area contributed by atoms with Crippen LogP contribution in [0.25, 0.3) is 22.4 Å². The van der Waals surface area contributed by atoms with E-state index >= 15 is 0 Å². The van der Waals surface area contributed by atoms with Crippen LogP contribution in [-0.4, -0.2) is 55.6 Å². The molecule has 0 spiro atoms. The SMILES string of the molecule is Cc1ncc(Nc2cc(Nc3ccc(-c4cc(C)n(C)n4)cc3S(C)(=O)=O)c3nc(C)n(C4CCCCO4)c3n2)nc1C. The second kappa shape index (κ2) is 11.0. The van der Waals surface area contributed by atoms with Crippen molar-refractivity contribution in [2.45, 2.75) is 58.1 Å². The molecule has 1 aliphatic rings. The zero-order chi connectivity index (χ0) is 30.5. The minimum atomic E-state index is -3.62. The number of sulfone groups is 1. The fourth-order valence-corrected chi connectivity index (χ4v) is 6.13. The van der Waals surface area contributed by atoms with Gasteiger partial charge in [0.2, 0.25) is 0 Å². The van der Waals surface area contributed by atoms with Gasteiger partial charge < -0.3 is 15.4 Å². The van der Waals surface area contributed by atoms with E-state index in [1.54, 1.807) is 29.1 Å². The molecule has 1 aromatic carbocycles. The predicted molar refractivity (Wildman–Crippen MR) is 166 cm³/mol. The van der Waals surface area contributed by atoms with Crippen LogP contribution >= 0.6 is 0 Å². The molecular formula is C30H35N9O3S. The molecule has 43 heavy (non-hydrogen) atoms. The number of nitrogens with zero attached hydrogens (tertiary/aromatic N) is 7. The largest absolute Gasteiger partial charge is 0.358 e. The maximum absolute atomic E-state index is 13.1. The minimum absolute atomic E-state index is 0.152. The van der Waals surface area contributed by atoms with Crippen molar-refractivity contribution in [1.29, 1.82) is 0 Å². The standard InChI is InChI=1S/C30H35N9O3S/c1-17-13-23(37-38(17)5)21-10-11-22(25(14-21)43(6,40)41)34-24-15-26(35-27-16-31-18(2)19(3)32-27)36-30-29(24)33-20(4)39(30)28-9-7-8-12-42-28/h10-11,13-16,28H,7-9,12H2,1-6H3,(H2,32,34,35,36). The lowest BCUT2D eigenvalue weighted by atomic mass is 10.1. The van der Waals surface area contributed by atoms with Crippen molar-refractivity contribution >= 4 is 44.0 Å². The molecule has 13 heteroatoms. The molecule has 1 saturated heterocycles. The highest BCUT2D eigenvalue weighted by molar-refractivity contribution is 7.90. The Morgan fingerprint density at radius 3 is 2.42 bits per heavy atom. The molecule has 12 nitrogen and oxygen atoms in total.